The molecule has 0 aliphatic heterocycles. The highest BCUT2D eigenvalue weighted by atomic mass is 19.1. The Bertz CT molecular complexity index is 999. The molecule has 0 aliphatic rings. The second-order valence-electron chi connectivity index (χ2n) is 6.67. The predicted octanol–water partition coefficient (Wildman–Crippen LogP) is 4.72. The number of carboxylic acids is 1. The number of hydrogen-bond donors (Lipinski definition) is 2. The van der Waals surface area contributed by atoms with Crippen LogP contribution < -0.4 is 4.74 Å². The van der Waals surface area contributed by atoms with Crippen LogP contribution in [0.3, 0.4) is 0 Å². The summed E-state index contributed by atoms with van der Waals surface area (Å²) in [6.07, 6.45) is -1.10. The van der Waals surface area contributed by atoms with Crippen LogP contribution in [0.4, 0.5) is 4.39 Å². The van der Waals surface area contributed by atoms with Gasteiger partial charge in [-0.1, -0.05) is 26.0 Å². The summed E-state index contributed by atoms with van der Waals surface area (Å²) in [6, 6.07) is 10.9. The van der Waals surface area contributed by atoms with Crippen molar-refractivity contribution in [2.45, 2.75) is 32.8 Å². The summed E-state index contributed by atoms with van der Waals surface area (Å²) in [5.41, 5.74) is 2.28. The predicted molar refractivity (Wildman–Crippen MR) is 101 cm³/mol. The van der Waals surface area contributed by atoms with E-state index in [1.807, 2.05) is 13.8 Å². The van der Waals surface area contributed by atoms with Crippen molar-refractivity contribution in [1.29, 1.82) is 0 Å². The SMILES string of the molecule is CC(C)c1nc(O[C@H](C)C(=O)O)c2cc(O)ccc2c1-c1ccc(F)cc1. The van der Waals surface area contributed by atoms with Crippen molar-refractivity contribution >= 4 is 16.7 Å². The van der Waals surface area contributed by atoms with Gasteiger partial charge in [-0.25, -0.2) is 14.2 Å². The molecule has 0 bridgehead atoms. The lowest BCUT2D eigenvalue weighted by molar-refractivity contribution is -0.144. The van der Waals surface area contributed by atoms with Crippen molar-refractivity contribution in [3.8, 4) is 22.8 Å². The van der Waals surface area contributed by atoms with Gasteiger partial charge in [-0.2, -0.15) is 0 Å². The monoisotopic (exact) mass is 369 g/mol. The van der Waals surface area contributed by atoms with E-state index in [0.717, 1.165) is 16.5 Å². The molecule has 3 aromatic rings. The molecule has 1 atom stereocenters. The van der Waals surface area contributed by atoms with Gasteiger partial charge in [0.15, 0.2) is 6.10 Å². The van der Waals surface area contributed by atoms with E-state index < -0.39 is 12.1 Å². The first-order chi connectivity index (χ1) is 12.8. The molecule has 0 radical (unpaired) electrons. The Hall–Kier alpha value is -3.15. The Labute approximate surface area is 156 Å². The number of phenolic OH excluding ortho intramolecular Hbond substituents is 1. The molecular weight excluding hydrogens is 349 g/mol. The Balaban J connectivity index is 2.33. The zero-order valence-electron chi connectivity index (χ0n) is 15.2. The van der Waals surface area contributed by atoms with Gasteiger partial charge in [0.25, 0.3) is 0 Å². The van der Waals surface area contributed by atoms with Gasteiger partial charge in [0, 0.05) is 10.9 Å². The Morgan fingerprint density at radius 1 is 1.07 bits per heavy atom. The Kier molecular flexibility index (Phi) is 4.99. The number of halogens is 1. The molecule has 0 saturated carbocycles. The van der Waals surface area contributed by atoms with Crippen molar-refractivity contribution in [2.75, 3.05) is 0 Å². The fourth-order valence-electron chi connectivity index (χ4n) is 2.94. The minimum absolute atomic E-state index is 0.00532. The summed E-state index contributed by atoms with van der Waals surface area (Å²) < 4.78 is 19.0. The minimum atomic E-state index is -1.11. The van der Waals surface area contributed by atoms with Crippen molar-refractivity contribution in [3.05, 3.63) is 54.0 Å². The lowest BCUT2D eigenvalue weighted by Gasteiger charge is -2.19. The van der Waals surface area contributed by atoms with Crippen molar-refractivity contribution in [2.24, 2.45) is 0 Å². The van der Waals surface area contributed by atoms with Crippen LogP contribution in [0.1, 0.15) is 32.4 Å². The van der Waals surface area contributed by atoms with Gasteiger partial charge < -0.3 is 14.9 Å². The van der Waals surface area contributed by atoms with Gasteiger partial charge in [0.1, 0.15) is 11.6 Å². The first-order valence-electron chi connectivity index (χ1n) is 8.60. The lowest BCUT2D eigenvalue weighted by Crippen LogP contribution is -2.23. The number of pyridine rings is 1. The standard InChI is InChI=1S/C21H20FNO4/c1-11(2)19-18(13-4-6-14(22)7-5-13)16-9-8-15(24)10-17(16)20(23-19)27-12(3)21(25)26/h4-12,24H,1-3H3,(H,25,26)/t12-/m1/s1. The third kappa shape index (κ3) is 3.69. The van der Waals surface area contributed by atoms with E-state index in [2.05, 4.69) is 4.98 Å². The van der Waals surface area contributed by atoms with Crippen molar-refractivity contribution in [3.63, 3.8) is 0 Å². The summed E-state index contributed by atoms with van der Waals surface area (Å²) in [5, 5.41) is 20.3. The maximum Gasteiger partial charge on any atom is 0.344 e. The summed E-state index contributed by atoms with van der Waals surface area (Å²) in [6.45, 7) is 5.35. The second kappa shape index (κ2) is 7.23. The van der Waals surface area contributed by atoms with Crippen LogP contribution in [0.25, 0.3) is 21.9 Å². The van der Waals surface area contributed by atoms with Crippen molar-refractivity contribution in [1.82, 2.24) is 4.98 Å². The third-order valence-electron chi connectivity index (χ3n) is 4.30. The molecule has 6 heteroatoms. The lowest BCUT2D eigenvalue weighted by atomic mass is 9.92. The number of ether oxygens (including phenoxy) is 1. The molecule has 0 saturated heterocycles. The average molecular weight is 369 g/mol. The summed E-state index contributed by atoms with van der Waals surface area (Å²) in [5.74, 6) is -1.29. The van der Waals surface area contributed by atoms with E-state index in [1.54, 1.807) is 24.3 Å². The highest BCUT2D eigenvalue weighted by Gasteiger charge is 2.22. The van der Waals surface area contributed by atoms with Crippen LogP contribution in [-0.4, -0.2) is 27.3 Å². The molecule has 3 rings (SSSR count). The smallest absolute Gasteiger partial charge is 0.344 e. The first kappa shape index (κ1) is 18.6. The molecule has 0 amide bonds. The van der Waals surface area contributed by atoms with E-state index in [-0.39, 0.29) is 23.4 Å². The maximum absolute atomic E-state index is 13.4. The third-order valence-corrected chi connectivity index (χ3v) is 4.30. The first-order valence-corrected chi connectivity index (χ1v) is 8.60. The number of hydrogen-bond acceptors (Lipinski definition) is 4. The number of benzene rings is 2. The van der Waals surface area contributed by atoms with Gasteiger partial charge >= 0.3 is 5.97 Å². The maximum atomic E-state index is 13.4. The highest BCUT2D eigenvalue weighted by Crippen LogP contribution is 2.40. The van der Waals surface area contributed by atoms with Crippen LogP contribution in [0.5, 0.6) is 11.6 Å². The largest absolute Gasteiger partial charge is 0.508 e. The van der Waals surface area contributed by atoms with Gasteiger partial charge in [-0.05, 0) is 54.1 Å². The fourth-order valence-corrected chi connectivity index (χ4v) is 2.94. The molecule has 2 aromatic carbocycles. The normalized spacial score (nSPS) is 12.3. The van der Waals surface area contributed by atoms with E-state index in [1.165, 1.54) is 25.1 Å². The molecule has 2 N–H and O–H groups in total. The minimum Gasteiger partial charge on any atom is -0.508 e. The molecule has 0 spiro atoms. The van der Waals surface area contributed by atoms with Gasteiger partial charge in [-0.15, -0.1) is 0 Å². The van der Waals surface area contributed by atoms with Crippen LogP contribution in [-0.2, 0) is 4.79 Å². The number of aromatic hydroxyl groups is 1. The Morgan fingerprint density at radius 3 is 2.33 bits per heavy atom. The number of carboxylic acid groups (broad SMARTS) is 1. The number of nitrogens with zero attached hydrogens (tertiary/aromatic N) is 1. The van der Waals surface area contributed by atoms with E-state index >= 15 is 0 Å². The van der Waals surface area contributed by atoms with Crippen LogP contribution >= 0.6 is 0 Å². The van der Waals surface area contributed by atoms with Gasteiger partial charge in [-0.3, -0.25) is 0 Å². The second-order valence-corrected chi connectivity index (χ2v) is 6.67. The van der Waals surface area contributed by atoms with Crippen LogP contribution in [0, 0.1) is 5.82 Å². The molecule has 0 fully saturated rings. The molecule has 5 nitrogen and oxygen atoms in total. The summed E-state index contributed by atoms with van der Waals surface area (Å²) >= 11 is 0. The summed E-state index contributed by atoms with van der Waals surface area (Å²) in [7, 11) is 0. The molecule has 0 aliphatic carbocycles. The van der Waals surface area contributed by atoms with Crippen LogP contribution in [0.2, 0.25) is 0 Å². The van der Waals surface area contributed by atoms with Crippen molar-refractivity contribution < 1.29 is 24.1 Å². The van der Waals surface area contributed by atoms with E-state index in [4.69, 9.17) is 9.84 Å². The molecular formula is C21H20FNO4. The molecule has 27 heavy (non-hydrogen) atoms. The molecule has 1 heterocycles. The Morgan fingerprint density at radius 2 is 1.74 bits per heavy atom. The topological polar surface area (TPSA) is 79.7 Å². The number of rotatable bonds is 5. The number of fused-ring (bicyclic) bond motifs is 1. The molecule has 140 valence electrons. The van der Waals surface area contributed by atoms with Gasteiger partial charge in [0.05, 0.1) is 5.69 Å². The fraction of sp³-hybridized carbons (Fsp3) is 0.238. The van der Waals surface area contributed by atoms with Gasteiger partial charge in [0.2, 0.25) is 5.88 Å². The number of aliphatic carboxylic acids is 1. The number of phenols is 1. The van der Waals surface area contributed by atoms with E-state index in [9.17, 15) is 14.3 Å². The number of aromatic nitrogens is 1. The summed E-state index contributed by atoms with van der Waals surface area (Å²) in [4.78, 5) is 15.8. The highest BCUT2D eigenvalue weighted by molar-refractivity contribution is 6.01. The number of carbonyl (C=O) groups is 1. The zero-order chi connectivity index (χ0) is 19.7. The average Bonchev–Trinajstić information content (AvgIpc) is 2.62. The van der Waals surface area contributed by atoms with Crippen LogP contribution in [0.15, 0.2) is 42.5 Å². The zero-order valence-corrected chi connectivity index (χ0v) is 15.2. The quantitative estimate of drug-likeness (QED) is 0.680. The molecule has 0 unspecified atom stereocenters. The molecule has 1 aromatic heterocycles. The van der Waals surface area contributed by atoms with E-state index in [0.29, 0.717) is 11.1 Å².